The second kappa shape index (κ2) is 3.30. The first-order valence-corrected chi connectivity index (χ1v) is 7.14. The lowest BCUT2D eigenvalue weighted by atomic mass is 9.82. The Morgan fingerprint density at radius 1 is 1.35 bits per heavy atom. The van der Waals surface area contributed by atoms with Crippen LogP contribution < -0.4 is 0 Å². The average Bonchev–Trinajstić information content (AvgIpc) is 2.99. The van der Waals surface area contributed by atoms with Crippen LogP contribution in [0, 0.1) is 5.92 Å². The van der Waals surface area contributed by atoms with Crippen LogP contribution in [0.25, 0.3) is 10.2 Å². The Bertz CT molecular complexity index is 545. The molecular formula is C14H15NOS. The van der Waals surface area contributed by atoms with Gasteiger partial charge in [0.1, 0.15) is 5.01 Å². The number of fused-ring (bicyclic) bond motifs is 3. The van der Waals surface area contributed by atoms with Crippen LogP contribution in [0.2, 0.25) is 0 Å². The van der Waals surface area contributed by atoms with E-state index in [-0.39, 0.29) is 11.5 Å². The summed E-state index contributed by atoms with van der Waals surface area (Å²) in [5.41, 5.74) is 1.08. The molecule has 0 spiro atoms. The highest BCUT2D eigenvalue weighted by Crippen LogP contribution is 2.56. The quantitative estimate of drug-likeness (QED) is 0.837. The molecule has 3 heteroatoms. The number of nitrogens with zero attached hydrogens (tertiary/aromatic N) is 1. The fraction of sp³-hybridized carbons (Fsp3) is 0.500. The monoisotopic (exact) mass is 245 g/mol. The largest absolute Gasteiger partial charge is 0.392 e. The van der Waals surface area contributed by atoms with Crippen LogP contribution in [0.5, 0.6) is 0 Å². The van der Waals surface area contributed by atoms with E-state index in [4.69, 9.17) is 4.98 Å². The van der Waals surface area contributed by atoms with Crippen molar-refractivity contribution in [3.8, 4) is 0 Å². The molecule has 17 heavy (non-hydrogen) atoms. The maximum absolute atomic E-state index is 10.3. The zero-order valence-corrected chi connectivity index (χ0v) is 10.4. The predicted molar refractivity (Wildman–Crippen MR) is 69.3 cm³/mol. The van der Waals surface area contributed by atoms with Gasteiger partial charge in [-0.3, -0.25) is 0 Å². The van der Waals surface area contributed by atoms with E-state index in [1.807, 2.05) is 6.07 Å². The van der Waals surface area contributed by atoms with Gasteiger partial charge in [0.05, 0.1) is 16.3 Å². The Morgan fingerprint density at radius 2 is 2.24 bits per heavy atom. The number of para-hydroxylation sites is 1. The second-order valence-electron chi connectivity index (χ2n) is 5.50. The van der Waals surface area contributed by atoms with E-state index >= 15 is 0 Å². The molecule has 1 N–H and O–H groups in total. The lowest BCUT2D eigenvalue weighted by Crippen LogP contribution is -2.34. The van der Waals surface area contributed by atoms with E-state index in [9.17, 15) is 5.11 Å². The molecule has 1 aromatic carbocycles. The molecule has 0 aliphatic heterocycles. The van der Waals surface area contributed by atoms with Crippen LogP contribution in [0.3, 0.4) is 0 Å². The zero-order chi connectivity index (χ0) is 11.5. The van der Waals surface area contributed by atoms with E-state index in [0.29, 0.717) is 0 Å². The molecule has 2 aromatic rings. The van der Waals surface area contributed by atoms with Crippen molar-refractivity contribution in [2.75, 3.05) is 0 Å². The van der Waals surface area contributed by atoms with Crippen molar-refractivity contribution in [2.45, 2.75) is 37.2 Å². The van der Waals surface area contributed by atoms with Crippen LogP contribution in [0.4, 0.5) is 0 Å². The summed E-state index contributed by atoms with van der Waals surface area (Å²) in [6, 6.07) is 8.29. The summed E-state index contributed by atoms with van der Waals surface area (Å²) in [6.45, 7) is 0. The molecule has 1 heterocycles. The molecule has 4 rings (SSSR count). The fourth-order valence-electron chi connectivity index (χ4n) is 3.65. The summed E-state index contributed by atoms with van der Waals surface area (Å²) in [4.78, 5) is 4.77. The molecule has 0 radical (unpaired) electrons. The van der Waals surface area contributed by atoms with Crippen LogP contribution in [-0.2, 0) is 5.41 Å². The van der Waals surface area contributed by atoms with Gasteiger partial charge in [-0.25, -0.2) is 4.98 Å². The third-order valence-electron chi connectivity index (χ3n) is 4.57. The molecule has 2 aliphatic carbocycles. The Balaban J connectivity index is 1.88. The molecule has 88 valence electrons. The third kappa shape index (κ3) is 1.27. The van der Waals surface area contributed by atoms with Gasteiger partial charge in [0, 0.05) is 5.41 Å². The van der Waals surface area contributed by atoms with Gasteiger partial charge in [-0.05, 0) is 43.7 Å². The predicted octanol–water partition coefficient (Wildman–Crippen LogP) is 3.10. The molecule has 2 fully saturated rings. The van der Waals surface area contributed by atoms with E-state index < -0.39 is 0 Å². The molecule has 0 amide bonds. The highest BCUT2D eigenvalue weighted by molar-refractivity contribution is 7.18. The standard InChI is InChI=1S/C14H15NOS/c16-12-7-9-5-6-14(12,8-9)13-15-10-3-1-2-4-11(10)17-13/h1-4,9,12,16H,5-8H2/t9-,12-,14+/m0/s1. The molecule has 0 saturated heterocycles. The summed E-state index contributed by atoms with van der Waals surface area (Å²) in [6.07, 6.45) is 4.36. The van der Waals surface area contributed by atoms with E-state index in [1.165, 1.54) is 16.1 Å². The van der Waals surface area contributed by atoms with Crippen LogP contribution in [0.15, 0.2) is 24.3 Å². The summed E-state index contributed by atoms with van der Waals surface area (Å²) in [5.74, 6) is 0.733. The minimum absolute atomic E-state index is 0.00560. The maximum Gasteiger partial charge on any atom is 0.103 e. The molecule has 2 saturated carbocycles. The summed E-state index contributed by atoms with van der Waals surface area (Å²) in [7, 11) is 0. The number of hydrogen-bond acceptors (Lipinski definition) is 3. The SMILES string of the molecule is O[C@H]1C[C@@H]2CC[C@@]1(c1nc3ccccc3s1)C2. The highest BCUT2D eigenvalue weighted by atomic mass is 32.1. The number of benzene rings is 1. The topological polar surface area (TPSA) is 33.1 Å². The summed E-state index contributed by atoms with van der Waals surface area (Å²) >= 11 is 1.78. The second-order valence-corrected chi connectivity index (χ2v) is 6.53. The van der Waals surface area contributed by atoms with Crippen LogP contribution >= 0.6 is 11.3 Å². The van der Waals surface area contributed by atoms with E-state index in [2.05, 4.69) is 18.2 Å². The number of aliphatic hydroxyl groups excluding tert-OH is 1. The number of hydrogen-bond donors (Lipinski definition) is 1. The molecule has 2 bridgehead atoms. The van der Waals surface area contributed by atoms with Gasteiger partial charge in [0.25, 0.3) is 0 Å². The molecular weight excluding hydrogens is 230 g/mol. The van der Waals surface area contributed by atoms with Gasteiger partial charge in [-0.2, -0.15) is 0 Å². The fourth-order valence-corrected chi connectivity index (χ4v) is 4.89. The summed E-state index contributed by atoms with van der Waals surface area (Å²) < 4.78 is 1.25. The van der Waals surface area contributed by atoms with Crippen molar-refractivity contribution in [2.24, 2.45) is 5.92 Å². The minimum Gasteiger partial charge on any atom is -0.392 e. The lowest BCUT2D eigenvalue weighted by molar-refractivity contribution is 0.0890. The van der Waals surface area contributed by atoms with Gasteiger partial charge in [-0.15, -0.1) is 11.3 Å². The van der Waals surface area contributed by atoms with Gasteiger partial charge in [-0.1, -0.05) is 12.1 Å². The molecule has 3 atom stereocenters. The first kappa shape index (κ1) is 10.0. The molecule has 1 aromatic heterocycles. The summed E-state index contributed by atoms with van der Waals surface area (Å²) in [5, 5.41) is 11.5. The number of aromatic nitrogens is 1. The van der Waals surface area contributed by atoms with Crippen molar-refractivity contribution in [1.82, 2.24) is 4.98 Å². The number of thiazole rings is 1. The Morgan fingerprint density at radius 3 is 2.94 bits per heavy atom. The minimum atomic E-state index is -0.165. The van der Waals surface area contributed by atoms with Gasteiger partial charge >= 0.3 is 0 Å². The first-order valence-electron chi connectivity index (χ1n) is 6.32. The number of rotatable bonds is 1. The van der Waals surface area contributed by atoms with Crippen molar-refractivity contribution in [3.05, 3.63) is 29.3 Å². The molecule has 0 unspecified atom stereocenters. The van der Waals surface area contributed by atoms with Gasteiger partial charge in [0.15, 0.2) is 0 Å². The van der Waals surface area contributed by atoms with Crippen LogP contribution in [-0.4, -0.2) is 16.2 Å². The lowest BCUT2D eigenvalue weighted by Gasteiger charge is -2.29. The Labute approximate surface area is 104 Å². The average molecular weight is 245 g/mol. The normalized spacial score (nSPS) is 35.8. The highest BCUT2D eigenvalue weighted by Gasteiger charge is 2.54. The Kier molecular flexibility index (Phi) is 1.95. The van der Waals surface area contributed by atoms with Crippen molar-refractivity contribution in [3.63, 3.8) is 0 Å². The first-order chi connectivity index (χ1) is 8.28. The van der Waals surface area contributed by atoms with Crippen molar-refractivity contribution >= 4 is 21.6 Å². The molecule has 2 aliphatic rings. The van der Waals surface area contributed by atoms with Crippen molar-refractivity contribution < 1.29 is 5.11 Å². The third-order valence-corrected chi connectivity index (χ3v) is 5.82. The van der Waals surface area contributed by atoms with Gasteiger partial charge in [0.2, 0.25) is 0 Å². The van der Waals surface area contributed by atoms with E-state index in [0.717, 1.165) is 30.7 Å². The maximum atomic E-state index is 10.3. The van der Waals surface area contributed by atoms with E-state index in [1.54, 1.807) is 11.3 Å². The van der Waals surface area contributed by atoms with Crippen molar-refractivity contribution in [1.29, 1.82) is 0 Å². The molecule has 2 nitrogen and oxygen atoms in total. The van der Waals surface area contributed by atoms with Crippen LogP contribution in [0.1, 0.15) is 30.7 Å². The zero-order valence-electron chi connectivity index (χ0n) is 9.60. The van der Waals surface area contributed by atoms with Gasteiger partial charge < -0.3 is 5.11 Å². The smallest absolute Gasteiger partial charge is 0.103 e. The Hall–Kier alpha value is -0.930. The number of aliphatic hydroxyl groups is 1.